The molecule has 1 heterocycles. The van der Waals surface area contributed by atoms with Gasteiger partial charge in [0.15, 0.2) is 0 Å². The minimum Gasteiger partial charge on any atom is -0.507 e. The van der Waals surface area contributed by atoms with Crippen LogP contribution < -0.4 is 4.74 Å². The Morgan fingerprint density at radius 3 is 2.45 bits per heavy atom. The molecule has 3 rings (SSSR count). The molecule has 1 aliphatic heterocycles. The molecule has 0 spiro atoms. The minimum absolute atomic E-state index is 0.0815. The highest BCUT2D eigenvalue weighted by Crippen LogP contribution is 2.40. The molecule has 6 heteroatoms. The number of Topliss-reactive ketones (excluding diaryl/α,β-unsaturated/α-hetero) is 1. The zero-order valence-electron chi connectivity index (χ0n) is 18.3. The third kappa shape index (κ3) is 4.80. The van der Waals surface area contributed by atoms with E-state index in [0.29, 0.717) is 23.5 Å². The fraction of sp³-hybridized carbons (Fsp3) is 0.360. The Hall–Kier alpha value is -3.12. The average molecular weight is 424 g/mol. The van der Waals surface area contributed by atoms with E-state index in [2.05, 4.69) is 0 Å². The Morgan fingerprint density at radius 2 is 1.81 bits per heavy atom. The lowest BCUT2D eigenvalue weighted by molar-refractivity contribution is -0.140. The highest BCUT2D eigenvalue weighted by Gasteiger charge is 2.45. The van der Waals surface area contributed by atoms with Crippen molar-refractivity contribution in [1.29, 1.82) is 0 Å². The van der Waals surface area contributed by atoms with Gasteiger partial charge in [0.05, 0.1) is 24.8 Å². The Morgan fingerprint density at radius 1 is 1.06 bits per heavy atom. The maximum absolute atomic E-state index is 13.0. The van der Waals surface area contributed by atoms with Crippen LogP contribution in [0, 0.1) is 0 Å². The summed E-state index contributed by atoms with van der Waals surface area (Å²) in [6, 6.07) is 14.0. The summed E-state index contributed by atoms with van der Waals surface area (Å²) in [6.07, 6.45) is 1.73. The monoisotopic (exact) mass is 423 g/mol. The van der Waals surface area contributed by atoms with E-state index in [9.17, 15) is 14.7 Å². The van der Waals surface area contributed by atoms with E-state index in [0.717, 1.165) is 18.4 Å². The number of aliphatic hydroxyl groups excluding tert-OH is 1. The lowest BCUT2D eigenvalue weighted by Gasteiger charge is -2.25. The molecule has 31 heavy (non-hydrogen) atoms. The summed E-state index contributed by atoms with van der Waals surface area (Å²) in [4.78, 5) is 27.3. The van der Waals surface area contributed by atoms with E-state index in [1.165, 1.54) is 4.90 Å². The summed E-state index contributed by atoms with van der Waals surface area (Å²) in [5, 5.41) is 11.1. The molecule has 1 unspecified atom stereocenters. The van der Waals surface area contributed by atoms with Gasteiger partial charge in [0.1, 0.15) is 11.5 Å². The molecule has 1 aliphatic rings. The number of ether oxygens (including phenoxy) is 2. The van der Waals surface area contributed by atoms with Gasteiger partial charge in [-0.25, -0.2) is 0 Å². The van der Waals surface area contributed by atoms with Crippen LogP contribution in [0.15, 0.2) is 54.1 Å². The maximum Gasteiger partial charge on any atom is 0.295 e. The number of nitrogens with zero attached hydrogens (tertiary/aromatic N) is 1. The third-order valence-electron chi connectivity index (χ3n) is 5.36. The molecule has 6 nitrogen and oxygen atoms in total. The summed E-state index contributed by atoms with van der Waals surface area (Å²) in [5.74, 6) is -0.860. The molecule has 0 saturated carbocycles. The summed E-state index contributed by atoms with van der Waals surface area (Å²) in [7, 11) is 1.54. The predicted octanol–water partition coefficient (Wildman–Crippen LogP) is 4.11. The molecular formula is C25H29NO5. The second-order valence-electron chi connectivity index (χ2n) is 7.46. The number of rotatable bonds is 9. The van der Waals surface area contributed by atoms with Crippen molar-refractivity contribution >= 4 is 17.4 Å². The van der Waals surface area contributed by atoms with Crippen molar-refractivity contribution in [3.05, 3.63) is 70.8 Å². The first-order chi connectivity index (χ1) is 15.0. The average Bonchev–Trinajstić information content (AvgIpc) is 3.06. The van der Waals surface area contributed by atoms with Crippen molar-refractivity contribution in [3.63, 3.8) is 0 Å². The molecule has 1 atom stereocenters. The Kier molecular flexibility index (Phi) is 7.47. The van der Waals surface area contributed by atoms with Gasteiger partial charge < -0.3 is 19.5 Å². The molecule has 0 radical (unpaired) electrons. The van der Waals surface area contributed by atoms with E-state index in [4.69, 9.17) is 9.47 Å². The maximum atomic E-state index is 13.0. The molecule has 0 aromatic heterocycles. The molecule has 1 N–H and O–H groups in total. The Balaban J connectivity index is 2.10. The van der Waals surface area contributed by atoms with Crippen LogP contribution in [-0.4, -0.2) is 48.6 Å². The van der Waals surface area contributed by atoms with Crippen LogP contribution in [-0.2, 0) is 20.7 Å². The quantitative estimate of drug-likeness (QED) is 0.373. The van der Waals surface area contributed by atoms with Gasteiger partial charge in [-0.15, -0.1) is 0 Å². The number of aliphatic hydroxyl groups is 1. The largest absolute Gasteiger partial charge is 0.507 e. The van der Waals surface area contributed by atoms with Crippen LogP contribution in [0.4, 0.5) is 0 Å². The second kappa shape index (κ2) is 10.3. The molecule has 0 aliphatic carbocycles. The second-order valence-corrected chi connectivity index (χ2v) is 7.46. The number of hydrogen-bond donors (Lipinski definition) is 1. The van der Waals surface area contributed by atoms with Crippen molar-refractivity contribution in [3.8, 4) is 5.75 Å². The molecule has 2 aromatic carbocycles. The van der Waals surface area contributed by atoms with E-state index in [1.807, 2.05) is 50.2 Å². The van der Waals surface area contributed by atoms with Crippen LogP contribution in [0.25, 0.3) is 5.76 Å². The van der Waals surface area contributed by atoms with Gasteiger partial charge in [-0.3, -0.25) is 9.59 Å². The number of hydrogen-bond acceptors (Lipinski definition) is 5. The van der Waals surface area contributed by atoms with E-state index < -0.39 is 17.7 Å². The minimum atomic E-state index is -0.717. The van der Waals surface area contributed by atoms with Crippen molar-refractivity contribution in [2.75, 3.05) is 26.9 Å². The highest BCUT2D eigenvalue weighted by atomic mass is 16.5. The standard InChI is InChI=1S/C25H29NO5/c1-4-14-31-20-8-6-7-19(16-20)22-21(24(28)25(29)26(22)13-15-30-3)23(27)18-11-9-17(5-2)10-12-18/h6-12,16,22,27H,4-5,13-15H2,1-3H3/b23-21-. The lowest BCUT2D eigenvalue weighted by atomic mass is 9.94. The number of amides is 1. The number of aryl methyl sites for hydroxylation is 1. The molecular weight excluding hydrogens is 394 g/mol. The summed E-state index contributed by atoms with van der Waals surface area (Å²) < 4.78 is 10.9. The number of carbonyl (C=O) groups excluding carboxylic acids is 2. The molecule has 1 fully saturated rings. The number of likely N-dealkylation sites (tertiary alicyclic amines) is 1. The van der Waals surface area contributed by atoms with Crippen molar-refractivity contribution in [2.45, 2.75) is 32.7 Å². The van der Waals surface area contributed by atoms with Gasteiger partial charge in [-0.1, -0.05) is 50.2 Å². The number of benzene rings is 2. The van der Waals surface area contributed by atoms with E-state index >= 15 is 0 Å². The van der Waals surface area contributed by atoms with Crippen LogP contribution in [0.3, 0.4) is 0 Å². The van der Waals surface area contributed by atoms with Gasteiger partial charge in [0.25, 0.3) is 11.7 Å². The van der Waals surface area contributed by atoms with Crippen molar-refractivity contribution in [2.24, 2.45) is 0 Å². The normalized spacial score (nSPS) is 17.9. The summed E-state index contributed by atoms with van der Waals surface area (Å²) >= 11 is 0. The summed E-state index contributed by atoms with van der Waals surface area (Å²) in [6.45, 7) is 5.15. The summed E-state index contributed by atoms with van der Waals surface area (Å²) in [5.41, 5.74) is 2.41. The van der Waals surface area contributed by atoms with E-state index in [1.54, 1.807) is 19.2 Å². The van der Waals surface area contributed by atoms with Gasteiger partial charge >= 0.3 is 0 Å². The molecule has 164 valence electrons. The zero-order valence-corrected chi connectivity index (χ0v) is 18.3. The first-order valence-electron chi connectivity index (χ1n) is 10.6. The van der Waals surface area contributed by atoms with Crippen molar-refractivity contribution < 1.29 is 24.2 Å². The van der Waals surface area contributed by atoms with Crippen molar-refractivity contribution in [1.82, 2.24) is 4.90 Å². The fourth-order valence-electron chi connectivity index (χ4n) is 3.69. The number of ketones is 1. The van der Waals surface area contributed by atoms with Gasteiger partial charge in [-0.2, -0.15) is 0 Å². The van der Waals surface area contributed by atoms with Gasteiger partial charge in [-0.05, 0) is 36.1 Å². The molecule has 2 aromatic rings. The van der Waals surface area contributed by atoms with Gasteiger partial charge in [0, 0.05) is 19.2 Å². The first-order valence-corrected chi connectivity index (χ1v) is 10.6. The fourth-order valence-corrected chi connectivity index (χ4v) is 3.69. The Bertz CT molecular complexity index is 964. The highest BCUT2D eigenvalue weighted by molar-refractivity contribution is 6.46. The van der Waals surface area contributed by atoms with Crippen LogP contribution in [0.5, 0.6) is 5.75 Å². The van der Waals surface area contributed by atoms with Gasteiger partial charge in [0.2, 0.25) is 0 Å². The Labute approximate surface area is 183 Å². The molecule has 1 saturated heterocycles. The first kappa shape index (κ1) is 22.6. The smallest absolute Gasteiger partial charge is 0.295 e. The topological polar surface area (TPSA) is 76.1 Å². The lowest BCUT2D eigenvalue weighted by Crippen LogP contribution is -2.32. The number of methoxy groups -OCH3 is 1. The van der Waals surface area contributed by atoms with E-state index in [-0.39, 0.29) is 24.5 Å². The SMILES string of the molecule is CCCOc1cccc(C2/C(=C(/O)c3ccc(CC)cc3)C(=O)C(=O)N2CCOC)c1. The van der Waals surface area contributed by atoms with Crippen LogP contribution in [0.2, 0.25) is 0 Å². The molecule has 0 bridgehead atoms. The predicted molar refractivity (Wildman–Crippen MR) is 119 cm³/mol. The van der Waals surface area contributed by atoms with Crippen LogP contribution in [0.1, 0.15) is 43.0 Å². The molecule has 1 amide bonds. The third-order valence-corrected chi connectivity index (χ3v) is 5.36. The zero-order chi connectivity index (χ0) is 22.4. The number of carbonyl (C=O) groups is 2. The van der Waals surface area contributed by atoms with Crippen LogP contribution >= 0.6 is 0 Å².